The molecule has 0 saturated heterocycles. The molecule has 0 unspecified atom stereocenters. The van der Waals surface area contributed by atoms with Crippen LogP contribution in [0.15, 0.2) is 33.5 Å². The minimum Gasteiger partial charge on any atom is -0.461 e. The molecular formula is C13H15NO2. The summed E-state index contributed by atoms with van der Waals surface area (Å²) >= 11 is 0. The Morgan fingerprint density at radius 2 is 2.12 bits per heavy atom. The molecule has 0 aliphatic rings. The topological polar surface area (TPSA) is 56.2 Å². The second-order valence-corrected chi connectivity index (χ2v) is 3.80. The maximum absolute atomic E-state index is 11.8. The van der Waals surface area contributed by atoms with Gasteiger partial charge in [-0.2, -0.15) is 0 Å². The lowest BCUT2D eigenvalue weighted by Gasteiger charge is -2.03. The minimum atomic E-state index is 0.0139. The van der Waals surface area contributed by atoms with Gasteiger partial charge in [-0.1, -0.05) is 13.0 Å². The van der Waals surface area contributed by atoms with Crippen LogP contribution in [-0.4, -0.2) is 6.54 Å². The van der Waals surface area contributed by atoms with E-state index >= 15 is 0 Å². The van der Waals surface area contributed by atoms with Crippen molar-refractivity contribution in [2.75, 3.05) is 6.54 Å². The Morgan fingerprint density at radius 3 is 2.81 bits per heavy atom. The molecular weight excluding hydrogens is 202 g/mol. The molecule has 0 radical (unpaired) electrons. The van der Waals surface area contributed by atoms with Crippen molar-refractivity contribution in [2.24, 2.45) is 5.73 Å². The van der Waals surface area contributed by atoms with Crippen molar-refractivity contribution in [1.29, 1.82) is 0 Å². The largest absolute Gasteiger partial charge is 0.461 e. The standard InChI is InChI=1S/C13H15NO2/c1-2-9-3-4-13-11(7-9)12(15)8-10(16-13)5-6-14/h3-4,7-8H,2,5-6,14H2,1H3. The summed E-state index contributed by atoms with van der Waals surface area (Å²) in [6.07, 6.45) is 1.51. The zero-order valence-corrected chi connectivity index (χ0v) is 9.32. The summed E-state index contributed by atoms with van der Waals surface area (Å²) in [5.41, 5.74) is 7.24. The molecule has 84 valence electrons. The van der Waals surface area contributed by atoms with Crippen molar-refractivity contribution in [3.63, 3.8) is 0 Å². The number of aryl methyl sites for hydroxylation is 1. The number of fused-ring (bicyclic) bond motifs is 1. The van der Waals surface area contributed by atoms with Gasteiger partial charge in [0.15, 0.2) is 5.43 Å². The van der Waals surface area contributed by atoms with Gasteiger partial charge < -0.3 is 10.2 Å². The first-order valence-electron chi connectivity index (χ1n) is 5.50. The van der Waals surface area contributed by atoms with Crippen LogP contribution in [0, 0.1) is 0 Å². The average molecular weight is 217 g/mol. The van der Waals surface area contributed by atoms with Gasteiger partial charge in [-0.15, -0.1) is 0 Å². The SMILES string of the molecule is CCc1ccc2oc(CCN)cc(=O)c2c1. The number of hydrogen-bond donors (Lipinski definition) is 1. The maximum Gasteiger partial charge on any atom is 0.192 e. The highest BCUT2D eigenvalue weighted by molar-refractivity contribution is 5.77. The van der Waals surface area contributed by atoms with Gasteiger partial charge in [0, 0.05) is 12.5 Å². The van der Waals surface area contributed by atoms with Gasteiger partial charge in [0.05, 0.1) is 5.39 Å². The molecule has 2 N–H and O–H groups in total. The Kier molecular flexibility index (Phi) is 3.06. The molecule has 0 aliphatic heterocycles. The van der Waals surface area contributed by atoms with E-state index in [-0.39, 0.29) is 5.43 Å². The second-order valence-electron chi connectivity index (χ2n) is 3.80. The molecule has 0 saturated carbocycles. The van der Waals surface area contributed by atoms with Crippen LogP contribution < -0.4 is 11.2 Å². The molecule has 3 heteroatoms. The zero-order valence-electron chi connectivity index (χ0n) is 9.32. The van der Waals surface area contributed by atoms with Crippen molar-refractivity contribution in [1.82, 2.24) is 0 Å². The predicted octanol–water partition coefficient (Wildman–Crippen LogP) is 1.86. The second kappa shape index (κ2) is 4.49. The zero-order chi connectivity index (χ0) is 11.5. The highest BCUT2D eigenvalue weighted by atomic mass is 16.3. The third-order valence-electron chi connectivity index (χ3n) is 2.64. The summed E-state index contributed by atoms with van der Waals surface area (Å²) in [5, 5.41) is 0.653. The maximum atomic E-state index is 11.8. The molecule has 16 heavy (non-hydrogen) atoms. The monoisotopic (exact) mass is 217 g/mol. The van der Waals surface area contributed by atoms with Gasteiger partial charge in [0.1, 0.15) is 11.3 Å². The van der Waals surface area contributed by atoms with Crippen molar-refractivity contribution in [2.45, 2.75) is 19.8 Å². The van der Waals surface area contributed by atoms with Crippen molar-refractivity contribution < 1.29 is 4.42 Å². The fourth-order valence-electron chi connectivity index (χ4n) is 1.74. The molecule has 0 aliphatic carbocycles. The lowest BCUT2D eigenvalue weighted by Crippen LogP contribution is -2.07. The van der Waals surface area contributed by atoms with E-state index in [2.05, 4.69) is 6.92 Å². The van der Waals surface area contributed by atoms with E-state index in [1.807, 2.05) is 18.2 Å². The van der Waals surface area contributed by atoms with Crippen LogP contribution in [0.3, 0.4) is 0 Å². The van der Waals surface area contributed by atoms with Crippen LogP contribution >= 0.6 is 0 Å². The number of rotatable bonds is 3. The Balaban J connectivity index is 2.62. The number of nitrogens with two attached hydrogens (primary N) is 1. The Bertz CT molecular complexity index is 557. The highest BCUT2D eigenvalue weighted by Crippen LogP contribution is 2.15. The molecule has 3 nitrogen and oxygen atoms in total. The van der Waals surface area contributed by atoms with Crippen LogP contribution in [0.4, 0.5) is 0 Å². The molecule has 2 rings (SSSR count). The van der Waals surface area contributed by atoms with E-state index in [9.17, 15) is 4.79 Å². The molecule has 1 aromatic carbocycles. The smallest absolute Gasteiger partial charge is 0.192 e. The van der Waals surface area contributed by atoms with Gasteiger partial charge in [0.2, 0.25) is 0 Å². The third-order valence-corrected chi connectivity index (χ3v) is 2.64. The summed E-state index contributed by atoms with van der Waals surface area (Å²) in [5.74, 6) is 0.657. The molecule has 1 heterocycles. The number of benzene rings is 1. The molecule has 2 aromatic rings. The summed E-state index contributed by atoms with van der Waals surface area (Å²) in [6.45, 7) is 2.55. The van der Waals surface area contributed by atoms with Gasteiger partial charge in [0.25, 0.3) is 0 Å². The van der Waals surface area contributed by atoms with E-state index in [1.54, 1.807) is 0 Å². The summed E-state index contributed by atoms with van der Waals surface area (Å²) in [4.78, 5) is 11.8. The molecule has 1 aromatic heterocycles. The summed E-state index contributed by atoms with van der Waals surface area (Å²) in [6, 6.07) is 7.27. The van der Waals surface area contributed by atoms with E-state index in [0.29, 0.717) is 29.7 Å². The summed E-state index contributed by atoms with van der Waals surface area (Å²) < 4.78 is 5.60. The van der Waals surface area contributed by atoms with Crippen LogP contribution in [0.25, 0.3) is 11.0 Å². The van der Waals surface area contributed by atoms with E-state index in [0.717, 1.165) is 12.0 Å². The Morgan fingerprint density at radius 1 is 1.31 bits per heavy atom. The van der Waals surface area contributed by atoms with E-state index in [1.165, 1.54) is 6.07 Å². The first kappa shape index (κ1) is 10.9. The minimum absolute atomic E-state index is 0.0139. The Hall–Kier alpha value is -1.61. The van der Waals surface area contributed by atoms with Crippen molar-refractivity contribution >= 4 is 11.0 Å². The molecule has 0 spiro atoms. The first-order valence-corrected chi connectivity index (χ1v) is 5.50. The molecule has 0 atom stereocenters. The van der Waals surface area contributed by atoms with Crippen LogP contribution in [0.2, 0.25) is 0 Å². The third kappa shape index (κ3) is 1.99. The van der Waals surface area contributed by atoms with Gasteiger partial charge in [-0.3, -0.25) is 4.79 Å². The lowest BCUT2D eigenvalue weighted by molar-refractivity contribution is 0.537. The molecule has 0 bridgehead atoms. The van der Waals surface area contributed by atoms with Crippen LogP contribution in [0.5, 0.6) is 0 Å². The van der Waals surface area contributed by atoms with Gasteiger partial charge >= 0.3 is 0 Å². The normalized spacial score (nSPS) is 10.9. The van der Waals surface area contributed by atoms with Crippen LogP contribution in [0.1, 0.15) is 18.2 Å². The highest BCUT2D eigenvalue weighted by Gasteiger charge is 2.04. The van der Waals surface area contributed by atoms with Crippen molar-refractivity contribution in [3.05, 3.63) is 45.8 Å². The number of hydrogen-bond acceptors (Lipinski definition) is 3. The van der Waals surface area contributed by atoms with Crippen LogP contribution in [-0.2, 0) is 12.8 Å². The summed E-state index contributed by atoms with van der Waals surface area (Å²) in [7, 11) is 0. The average Bonchev–Trinajstić information content (AvgIpc) is 2.29. The van der Waals surface area contributed by atoms with Crippen molar-refractivity contribution in [3.8, 4) is 0 Å². The fraction of sp³-hybridized carbons (Fsp3) is 0.308. The Labute approximate surface area is 93.9 Å². The van der Waals surface area contributed by atoms with E-state index < -0.39 is 0 Å². The van der Waals surface area contributed by atoms with E-state index in [4.69, 9.17) is 10.2 Å². The van der Waals surface area contributed by atoms with Gasteiger partial charge in [-0.25, -0.2) is 0 Å². The first-order chi connectivity index (χ1) is 7.74. The fourth-order valence-corrected chi connectivity index (χ4v) is 1.74. The quantitative estimate of drug-likeness (QED) is 0.853. The molecule has 0 fully saturated rings. The van der Waals surface area contributed by atoms with Gasteiger partial charge in [-0.05, 0) is 30.7 Å². The molecule has 0 amide bonds. The predicted molar refractivity (Wildman–Crippen MR) is 64.6 cm³/mol. The lowest BCUT2D eigenvalue weighted by atomic mass is 10.1.